The molecule has 0 atom stereocenters. The Kier molecular flexibility index (Phi) is 9.36. The Labute approximate surface area is 218 Å². The van der Waals surface area contributed by atoms with Crippen molar-refractivity contribution in [2.75, 3.05) is 57.8 Å². The SMILES string of the molecule is C1CCOC1.CCOc1ccccc1-c1ccc2c(c1)C=C(C(=O)OC)CCN2CC1=CN(C)CS1. The lowest BCUT2D eigenvalue weighted by molar-refractivity contribution is -0.136. The fourth-order valence-electron chi connectivity index (χ4n) is 4.49. The number of ether oxygens (including phenoxy) is 3. The molecule has 0 unspecified atom stereocenters. The predicted octanol–water partition coefficient (Wildman–Crippen LogP) is 5.79. The maximum absolute atomic E-state index is 12.4. The number of hydrogen-bond donors (Lipinski definition) is 0. The first kappa shape index (κ1) is 26.2. The van der Waals surface area contributed by atoms with Crippen LogP contribution in [-0.4, -0.2) is 63.8 Å². The quantitative estimate of drug-likeness (QED) is 0.458. The topological polar surface area (TPSA) is 51.2 Å². The molecule has 7 heteroatoms. The Morgan fingerprint density at radius 2 is 1.94 bits per heavy atom. The number of thioether (sulfide) groups is 1. The molecule has 1 saturated heterocycles. The van der Waals surface area contributed by atoms with Gasteiger partial charge in [-0.15, -0.1) is 11.8 Å². The molecule has 6 nitrogen and oxygen atoms in total. The van der Waals surface area contributed by atoms with Gasteiger partial charge in [0, 0.05) is 54.7 Å². The maximum atomic E-state index is 12.4. The number of anilines is 1. The fraction of sp³-hybridized carbons (Fsp3) is 0.414. The van der Waals surface area contributed by atoms with Gasteiger partial charge in [-0.3, -0.25) is 0 Å². The first-order valence-corrected chi connectivity index (χ1v) is 13.6. The Balaban J connectivity index is 0.000000543. The lowest BCUT2D eigenvalue weighted by atomic mass is 9.99. The summed E-state index contributed by atoms with van der Waals surface area (Å²) in [6, 6.07) is 14.5. The van der Waals surface area contributed by atoms with Crippen molar-refractivity contribution >= 4 is 29.5 Å². The van der Waals surface area contributed by atoms with E-state index in [1.165, 1.54) is 24.9 Å². The number of esters is 1. The third kappa shape index (κ3) is 6.65. The summed E-state index contributed by atoms with van der Waals surface area (Å²) < 4.78 is 15.8. The van der Waals surface area contributed by atoms with Gasteiger partial charge in [0.15, 0.2) is 0 Å². The van der Waals surface area contributed by atoms with E-state index in [4.69, 9.17) is 14.2 Å². The normalized spacial score (nSPS) is 16.9. The summed E-state index contributed by atoms with van der Waals surface area (Å²) in [4.78, 5) is 18.3. The van der Waals surface area contributed by atoms with E-state index in [9.17, 15) is 4.79 Å². The second-order valence-electron chi connectivity index (χ2n) is 8.98. The lowest BCUT2D eigenvalue weighted by Crippen LogP contribution is -2.26. The van der Waals surface area contributed by atoms with Crippen LogP contribution in [0.1, 0.15) is 31.7 Å². The Morgan fingerprint density at radius 3 is 2.61 bits per heavy atom. The Bertz CT molecular complexity index is 1100. The molecular weight excluding hydrogens is 472 g/mol. The summed E-state index contributed by atoms with van der Waals surface area (Å²) in [5.41, 5.74) is 4.98. The molecule has 0 radical (unpaired) electrons. The van der Waals surface area contributed by atoms with Crippen molar-refractivity contribution in [1.29, 1.82) is 0 Å². The minimum absolute atomic E-state index is 0.262. The first-order chi connectivity index (χ1) is 17.6. The van der Waals surface area contributed by atoms with Crippen LogP contribution in [0.5, 0.6) is 5.75 Å². The standard InChI is InChI=1S/C25H28N2O3S.C4H8O/c1-4-30-24-8-6-5-7-22(24)18-9-10-23-20(13-18)14-19(25(28)29-3)11-12-27(23)16-21-15-26(2)17-31-21;1-2-4-5-3-1/h5-10,13-15H,4,11-12,16-17H2,1-3H3;1-4H2. The molecule has 3 heterocycles. The van der Waals surface area contributed by atoms with Crippen LogP contribution in [0.15, 0.2) is 59.1 Å². The molecule has 2 aromatic carbocycles. The van der Waals surface area contributed by atoms with E-state index in [-0.39, 0.29) is 5.97 Å². The van der Waals surface area contributed by atoms with Gasteiger partial charge in [-0.25, -0.2) is 4.79 Å². The zero-order chi connectivity index (χ0) is 25.3. The van der Waals surface area contributed by atoms with Gasteiger partial charge < -0.3 is 24.0 Å². The monoisotopic (exact) mass is 508 g/mol. The zero-order valence-corrected chi connectivity index (χ0v) is 22.3. The molecule has 1 fully saturated rings. The number of carbonyl (C=O) groups is 1. The summed E-state index contributed by atoms with van der Waals surface area (Å²) in [7, 11) is 3.53. The second-order valence-corrected chi connectivity index (χ2v) is 10.1. The van der Waals surface area contributed by atoms with Gasteiger partial charge in [0.05, 0.1) is 26.1 Å². The van der Waals surface area contributed by atoms with Crippen LogP contribution < -0.4 is 9.64 Å². The molecule has 0 aromatic heterocycles. The van der Waals surface area contributed by atoms with Gasteiger partial charge in [-0.2, -0.15) is 0 Å². The number of nitrogens with zero attached hydrogens (tertiary/aromatic N) is 2. The number of rotatable bonds is 6. The van der Waals surface area contributed by atoms with Crippen LogP contribution >= 0.6 is 11.8 Å². The van der Waals surface area contributed by atoms with Gasteiger partial charge in [0.25, 0.3) is 0 Å². The lowest BCUT2D eigenvalue weighted by Gasteiger charge is -2.25. The summed E-state index contributed by atoms with van der Waals surface area (Å²) in [5.74, 6) is 1.58. The molecule has 2 aromatic rings. The largest absolute Gasteiger partial charge is 0.493 e. The molecule has 5 rings (SSSR count). The fourth-order valence-corrected chi connectivity index (χ4v) is 5.44. The highest BCUT2D eigenvalue weighted by Gasteiger charge is 2.23. The highest BCUT2D eigenvalue weighted by atomic mass is 32.2. The van der Waals surface area contributed by atoms with Gasteiger partial charge >= 0.3 is 5.97 Å². The van der Waals surface area contributed by atoms with Crippen LogP contribution in [0.4, 0.5) is 5.69 Å². The average Bonchev–Trinajstić information content (AvgIpc) is 3.58. The minimum Gasteiger partial charge on any atom is -0.493 e. The van der Waals surface area contributed by atoms with Crippen molar-refractivity contribution in [3.8, 4) is 16.9 Å². The molecule has 0 saturated carbocycles. The number of fused-ring (bicyclic) bond motifs is 1. The van der Waals surface area contributed by atoms with Crippen molar-refractivity contribution in [2.24, 2.45) is 0 Å². The van der Waals surface area contributed by atoms with Crippen LogP contribution in [0.2, 0.25) is 0 Å². The molecule has 36 heavy (non-hydrogen) atoms. The maximum Gasteiger partial charge on any atom is 0.333 e. The van der Waals surface area contributed by atoms with E-state index in [1.807, 2.05) is 43.0 Å². The average molecular weight is 509 g/mol. The summed E-state index contributed by atoms with van der Waals surface area (Å²) in [5, 5.41) is 0. The first-order valence-electron chi connectivity index (χ1n) is 12.6. The van der Waals surface area contributed by atoms with Gasteiger partial charge in [-0.1, -0.05) is 24.3 Å². The molecular formula is C29H36N2O4S. The van der Waals surface area contributed by atoms with Crippen LogP contribution in [0.3, 0.4) is 0 Å². The number of benzene rings is 2. The molecule has 3 aliphatic heterocycles. The molecule has 0 amide bonds. The Morgan fingerprint density at radius 1 is 1.14 bits per heavy atom. The second kappa shape index (κ2) is 12.9. The summed E-state index contributed by atoms with van der Waals surface area (Å²) >= 11 is 1.86. The van der Waals surface area contributed by atoms with Crippen molar-refractivity contribution in [3.63, 3.8) is 0 Å². The number of carbonyl (C=O) groups excluding carboxylic acids is 1. The molecule has 0 spiro atoms. The van der Waals surface area contributed by atoms with Gasteiger partial charge in [0.2, 0.25) is 0 Å². The number of hydrogen-bond acceptors (Lipinski definition) is 7. The highest BCUT2D eigenvalue weighted by Crippen LogP contribution is 2.37. The Hall–Kier alpha value is -2.90. The molecule has 192 valence electrons. The van der Waals surface area contributed by atoms with Gasteiger partial charge in [0.1, 0.15) is 5.75 Å². The number of para-hydroxylation sites is 1. The van der Waals surface area contributed by atoms with Crippen molar-refractivity contribution < 1.29 is 19.0 Å². The highest BCUT2D eigenvalue weighted by molar-refractivity contribution is 8.03. The van der Waals surface area contributed by atoms with Crippen molar-refractivity contribution in [2.45, 2.75) is 26.2 Å². The van der Waals surface area contributed by atoms with E-state index < -0.39 is 0 Å². The van der Waals surface area contributed by atoms with Gasteiger partial charge in [-0.05, 0) is 61.6 Å². The molecule has 3 aliphatic rings. The van der Waals surface area contributed by atoms with E-state index in [0.717, 1.165) is 60.3 Å². The number of methoxy groups -OCH3 is 1. The third-order valence-electron chi connectivity index (χ3n) is 6.29. The summed E-state index contributed by atoms with van der Waals surface area (Å²) in [6.07, 6.45) is 7.40. The van der Waals surface area contributed by atoms with E-state index in [2.05, 4.69) is 47.3 Å². The molecule has 0 bridgehead atoms. The minimum atomic E-state index is -0.262. The summed E-state index contributed by atoms with van der Waals surface area (Å²) in [6.45, 7) is 6.21. The van der Waals surface area contributed by atoms with Crippen LogP contribution in [0, 0.1) is 0 Å². The van der Waals surface area contributed by atoms with Crippen molar-refractivity contribution in [3.05, 3.63) is 64.7 Å². The van der Waals surface area contributed by atoms with E-state index >= 15 is 0 Å². The molecule has 0 aliphatic carbocycles. The van der Waals surface area contributed by atoms with E-state index in [0.29, 0.717) is 18.6 Å². The van der Waals surface area contributed by atoms with Crippen LogP contribution in [0.25, 0.3) is 17.2 Å². The predicted molar refractivity (Wildman–Crippen MR) is 148 cm³/mol. The molecule has 0 N–H and O–H groups in total. The van der Waals surface area contributed by atoms with Crippen LogP contribution in [-0.2, 0) is 14.3 Å². The van der Waals surface area contributed by atoms with E-state index in [1.54, 1.807) is 0 Å². The van der Waals surface area contributed by atoms with Crippen molar-refractivity contribution in [1.82, 2.24) is 4.90 Å². The third-order valence-corrected chi connectivity index (χ3v) is 7.43. The smallest absolute Gasteiger partial charge is 0.333 e. The zero-order valence-electron chi connectivity index (χ0n) is 21.5.